The van der Waals surface area contributed by atoms with Crippen molar-refractivity contribution in [2.75, 3.05) is 30.0 Å². The van der Waals surface area contributed by atoms with Crippen molar-refractivity contribution >= 4 is 44.2 Å². The zero-order valence-corrected chi connectivity index (χ0v) is 18.8. The van der Waals surface area contributed by atoms with Crippen molar-refractivity contribution in [3.05, 3.63) is 66.9 Å². The van der Waals surface area contributed by atoms with Crippen LogP contribution >= 0.6 is 0 Å². The third kappa shape index (κ3) is 5.17. The molecule has 0 saturated carbocycles. The summed E-state index contributed by atoms with van der Waals surface area (Å²) < 4.78 is 23.6. The Bertz CT molecular complexity index is 1340. The van der Waals surface area contributed by atoms with Gasteiger partial charge in [0, 0.05) is 48.2 Å². The maximum atomic E-state index is 12.8. The normalized spacial score (nSPS) is 15.9. The van der Waals surface area contributed by atoms with Crippen LogP contribution in [0.5, 0.6) is 0 Å². The van der Waals surface area contributed by atoms with Crippen LogP contribution in [-0.2, 0) is 14.6 Å². The van der Waals surface area contributed by atoms with Crippen LogP contribution in [0.3, 0.4) is 0 Å². The second kappa shape index (κ2) is 8.99. The smallest absolute Gasteiger partial charge is 0.253 e. The van der Waals surface area contributed by atoms with E-state index in [0.29, 0.717) is 35.8 Å². The van der Waals surface area contributed by atoms with Gasteiger partial charge in [-0.25, -0.2) is 18.4 Å². The molecular formula is C23H23N5O4S. The van der Waals surface area contributed by atoms with E-state index in [1.54, 1.807) is 41.4 Å². The molecule has 0 bridgehead atoms. The lowest BCUT2D eigenvalue weighted by atomic mass is 10.2. The molecule has 2 amide bonds. The standard InChI is InChI=1S/C23H23N5O4S/c1-3-21(29)25-17-7-4-15(5-8-17)22(30)28-11-10-18(14-28)26-23-24-13-16-6-9-19(33(2,31)32)12-20(16)27-23/h3-9,12-13,18H,1,10-11,14H2,2H3,(H,25,29)(H,24,26,27). The van der Waals surface area contributed by atoms with Gasteiger partial charge in [0.2, 0.25) is 11.9 Å². The molecule has 4 rings (SSSR count). The van der Waals surface area contributed by atoms with E-state index in [4.69, 9.17) is 0 Å². The molecule has 9 nitrogen and oxygen atoms in total. The summed E-state index contributed by atoms with van der Waals surface area (Å²) in [5.74, 6) is -0.0288. The summed E-state index contributed by atoms with van der Waals surface area (Å²) >= 11 is 0. The van der Waals surface area contributed by atoms with Gasteiger partial charge in [0.15, 0.2) is 9.84 Å². The summed E-state index contributed by atoms with van der Waals surface area (Å²) in [4.78, 5) is 34.9. The van der Waals surface area contributed by atoms with Crippen molar-refractivity contribution in [1.82, 2.24) is 14.9 Å². The highest BCUT2D eigenvalue weighted by molar-refractivity contribution is 7.90. The zero-order chi connectivity index (χ0) is 23.6. The van der Waals surface area contributed by atoms with Crippen molar-refractivity contribution in [3.8, 4) is 0 Å². The molecule has 2 N–H and O–H groups in total. The number of rotatable bonds is 6. The van der Waals surface area contributed by atoms with Crippen LogP contribution < -0.4 is 10.6 Å². The van der Waals surface area contributed by atoms with E-state index in [9.17, 15) is 18.0 Å². The van der Waals surface area contributed by atoms with E-state index in [0.717, 1.165) is 18.1 Å². The zero-order valence-electron chi connectivity index (χ0n) is 18.0. The van der Waals surface area contributed by atoms with Crippen LogP contribution in [0.25, 0.3) is 10.9 Å². The van der Waals surface area contributed by atoms with Gasteiger partial charge in [0.1, 0.15) is 0 Å². The molecule has 1 aliphatic heterocycles. The highest BCUT2D eigenvalue weighted by Gasteiger charge is 2.27. The number of carbonyl (C=O) groups is 2. The number of nitrogens with one attached hydrogen (secondary N) is 2. The third-order valence-electron chi connectivity index (χ3n) is 5.38. The summed E-state index contributed by atoms with van der Waals surface area (Å²) in [6.45, 7) is 4.47. The number of fused-ring (bicyclic) bond motifs is 1. The molecule has 0 spiro atoms. The number of likely N-dealkylation sites (tertiary alicyclic amines) is 1. The average Bonchev–Trinajstić information content (AvgIpc) is 3.26. The predicted molar refractivity (Wildman–Crippen MR) is 126 cm³/mol. The summed E-state index contributed by atoms with van der Waals surface area (Å²) in [7, 11) is -3.33. The van der Waals surface area contributed by atoms with Crippen molar-refractivity contribution < 1.29 is 18.0 Å². The quantitative estimate of drug-likeness (QED) is 0.537. The lowest BCUT2D eigenvalue weighted by Gasteiger charge is -2.17. The molecule has 1 aromatic heterocycles. The van der Waals surface area contributed by atoms with Gasteiger partial charge < -0.3 is 15.5 Å². The number of anilines is 2. The van der Waals surface area contributed by atoms with Gasteiger partial charge in [-0.3, -0.25) is 9.59 Å². The molecule has 2 aromatic carbocycles. The Labute approximate surface area is 191 Å². The van der Waals surface area contributed by atoms with E-state index in [-0.39, 0.29) is 22.8 Å². The molecule has 1 fully saturated rings. The van der Waals surface area contributed by atoms with E-state index in [2.05, 4.69) is 27.2 Å². The summed E-state index contributed by atoms with van der Waals surface area (Å²) in [5.41, 5.74) is 1.65. The number of hydrogen-bond acceptors (Lipinski definition) is 7. The van der Waals surface area contributed by atoms with Gasteiger partial charge in [-0.15, -0.1) is 0 Å². The van der Waals surface area contributed by atoms with Gasteiger partial charge in [0.05, 0.1) is 10.4 Å². The van der Waals surface area contributed by atoms with Gasteiger partial charge in [0.25, 0.3) is 5.91 Å². The first-order chi connectivity index (χ1) is 15.7. The molecule has 33 heavy (non-hydrogen) atoms. The Morgan fingerprint density at radius 1 is 1.18 bits per heavy atom. The fraction of sp³-hybridized carbons (Fsp3) is 0.217. The Morgan fingerprint density at radius 2 is 1.94 bits per heavy atom. The molecule has 1 saturated heterocycles. The van der Waals surface area contributed by atoms with Crippen molar-refractivity contribution in [2.24, 2.45) is 0 Å². The molecule has 3 aromatic rings. The molecule has 170 valence electrons. The highest BCUT2D eigenvalue weighted by Crippen LogP contribution is 2.21. The molecule has 1 unspecified atom stereocenters. The summed E-state index contributed by atoms with van der Waals surface area (Å²) in [6.07, 6.45) is 4.70. The fourth-order valence-corrected chi connectivity index (χ4v) is 4.26. The number of amides is 2. The first kappa shape index (κ1) is 22.4. The lowest BCUT2D eigenvalue weighted by molar-refractivity contribution is -0.111. The maximum Gasteiger partial charge on any atom is 0.253 e. The SMILES string of the molecule is C=CC(=O)Nc1ccc(C(=O)N2CCC(Nc3ncc4ccc(S(C)(=O)=O)cc4n3)C2)cc1. The first-order valence-electron chi connectivity index (χ1n) is 10.3. The molecular weight excluding hydrogens is 442 g/mol. The van der Waals surface area contributed by atoms with E-state index in [1.165, 1.54) is 18.2 Å². The third-order valence-corrected chi connectivity index (χ3v) is 6.49. The van der Waals surface area contributed by atoms with Gasteiger partial charge in [-0.1, -0.05) is 6.58 Å². The number of nitrogens with zero attached hydrogens (tertiary/aromatic N) is 3. The minimum Gasteiger partial charge on any atom is -0.350 e. The molecule has 0 aliphatic carbocycles. The minimum absolute atomic E-state index is 0.0318. The Balaban J connectivity index is 1.41. The molecule has 0 radical (unpaired) electrons. The Hall–Kier alpha value is -3.79. The molecule has 2 heterocycles. The minimum atomic E-state index is -3.33. The molecule has 1 aliphatic rings. The van der Waals surface area contributed by atoms with Crippen LogP contribution in [0.15, 0.2) is 66.2 Å². The van der Waals surface area contributed by atoms with Crippen molar-refractivity contribution in [3.63, 3.8) is 0 Å². The number of benzene rings is 2. The van der Waals surface area contributed by atoms with Crippen LogP contribution in [0.4, 0.5) is 11.6 Å². The Morgan fingerprint density at radius 3 is 2.64 bits per heavy atom. The summed E-state index contributed by atoms with van der Waals surface area (Å²) in [6, 6.07) is 11.4. The van der Waals surface area contributed by atoms with Crippen molar-refractivity contribution in [2.45, 2.75) is 17.4 Å². The monoisotopic (exact) mass is 465 g/mol. The first-order valence-corrected chi connectivity index (χ1v) is 12.2. The van der Waals surface area contributed by atoms with E-state index >= 15 is 0 Å². The van der Waals surface area contributed by atoms with Crippen molar-refractivity contribution in [1.29, 1.82) is 0 Å². The average molecular weight is 466 g/mol. The second-order valence-corrected chi connectivity index (χ2v) is 9.85. The van der Waals surface area contributed by atoms with Crippen LogP contribution in [0.2, 0.25) is 0 Å². The van der Waals surface area contributed by atoms with Gasteiger partial charge in [-0.05, 0) is 55.0 Å². The molecule has 1 atom stereocenters. The van der Waals surface area contributed by atoms with Gasteiger partial charge in [-0.2, -0.15) is 0 Å². The number of sulfone groups is 1. The van der Waals surface area contributed by atoms with Crippen LogP contribution in [-0.4, -0.2) is 60.5 Å². The van der Waals surface area contributed by atoms with Crippen LogP contribution in [0.1, 0.15) is 16.8 Å². The number of aromatic nitrogens is 2. The Kier molecular flexibility index (Phi) is 6.10. The van der Waals surface area contributed by atoms with E-state index < -0.39 is 9.84 Å². The fourth-order valence-electron chi connectivity index (χ4n) is 3.62. The van der Waals surface area contributed by atoms with Gasteiger partial charge >= 0.3 is 0 Å². The number of carbonyl (C=O) groups excluding carboxylic acids is 2. The maximum absolute atomic E-state index is 12.8. The highest BCUT2D eigenvalue weighted by atomic mass is 32.2. The lowest BCUT2D eigenvalue weighted by Crippen LogP contribution is -2.31. The summed E-state index contributed by atoms with van der Waals surface area (Å²) in [5, 5.41) is 6.63. The predicted octanol–water partition coefficient (Wildman–Crippen LogP) is 2.48. The van der Waals surface area contributed by atoms with Crippen LogP contribution in [0, 0.1) is 0 Å². The topological polar surface area (TPSA) is 121 Å². The second-order valence-electron chi connectivity index (χ2n) is 7.84. The largest absolute Gasteiger partial charge is 0.350 e. The van der Waals surface area contributed by atoms with E-state index in [1.807, 2.05) is 0 Å². The molecule has 10 heteroatoms. The number of hydrogen-bond donors (Lipinski definition) is 2.